The van der Waals surface area contributed by atoms with Crippen molar-refractivity contribution in [1.29, 1.82) is 0 Å². The lowest BCUT2D eigenvalue weighted by molar-refractivity contribution is 1.18. The van der Waals surface area contributed by atoms with Gasteiger partial charge in [0.15, 0.2) is 0 Å². The van der Waals surface area contributed by atoms with Crippen LogP contribution in [0.25, 0.3) is 88.4 Å². The van der Waals surface area contributed by atoms with Crippen LogP contribution in [0.1, 0.15) is 0 Å². The van der Waals surface area contributed by atoms with Crippen LogP contribution in [0.4, 0.5) is 0 Å². The fraction of sp³-hybridized carbons (Fsp3) is 0. The fourth-order valence-electron chi connectivity index (χ4n) is 7.81. The molecule has 50 heavy (non-hydrogen) atoms. The second-order valence-electron chi connectivity index (χ2n) is 13.0. The first kappa shape index (κ1) is 28.4. The van der Waals surface area contributed by atoms with E-state index in [0.717, 1.165) is 5.69 Å². The minimum absolute atomic E-state index is 1.16. The third-order valence-corrected chi connectivity index (χ3v) is 10.1. The van der Waals surface area contributed by atoms with E-state index in [2.05, 4.69) is 203 Å². The minimum Gasteiger partial charge on any atom is -0.309 e. The second-order valence-corrected chi connectivity index (χ2v) is 13.0. The molecule has 10 aromatic rings. The topological polar surface area (TPSA) is 9.86 Å². The number of aromatic nitrogens is 2. The third-order valence-electron chi connectivity index (χ3n) is 10.1. The van der Waals surface area contributed by atoms with E-state index in [-0.39, 0.29) is 0 Å². The third kappa shape index (κ3) is 4.50. The van der Waals surface area contributed by atoms with Crippen molar-refractivity contribution < 1.29 is 0 Å². The summed E-state index contributed by atoms with van der Waals surface area (Å²) in [5.74, 6) is 0. The monoisotopic (exact) mass is 636 g/mol. The number of para-hydroxylation sites is 4. The zero-order chi connectivity index (χ0) is 33.0. The van der Waals surface area contributed by atoms with Crippen molar-refractivity contribution in [2.75, 3.05) is 0 Å². The molecule has 0 aliphatic carbocycles. The van der Waals surface area contributed by atoms with Crippen molar-refractivity contribution in [1.82, 2.24) is 9.13 Å². The van der Waals surface area contributed by atoms with Crippen LogP contribution in [0.5, 0.6) is 0 Å². The first-order valence-corrected chi connectivity index (χ1v) is 17.2. The largest absolute Gasteiger partial charge is 0.309 e. The Hall–Kier alpha value is -6.64. The molecule has 0 atom stereocenters. The van der Waals surface area contributed by atoms with Crippen molar-refractivity contribution in [2.24, 2.45) is 0 Å². The molecular formula is C48H32N2. The molecule has 0 fully saturated rings. The zero-order valence-corrected chi connectivity index (χ0v) is 27.4. The first-order valence-electron chi connectivity index (χ1n) is 17.2. The van der Waals surface area contributed by atoms with Crippen LogP contribution in [0.3, 0.4) is 0 Å². The van der Waals surface area contributed by atoms with E-state index < -0.39 is 0 Å². The summed E-state index contributed by atoms with van der Waals surface area (Å²) < 4.78 is 4.81. The average Bonchev–Trinajstić information content (AvgIpc) is 3.71. The maximum absolute atomic E-state index is 2.44. The molecule has 0 saturated heterocycles. The molecule has 2 aromatic heterocycles. The van der Waals surface area contributed by atoms with E-state index in [1.54, 1.807) is 0 Å². The van der Waals surface area contributed by atoms with Crippen LogP contribution in [0.15, 0.2) is 194 Å². The number of hydrogen-bond donors (Lipinski definition) is 0. The summed E-state index contributed by atoms with van der Waals surface area (Å²) in [6, 6.07) is 70.4. The molecule has 8 aromatic carbocycles. The standard InChI is InChI=1S/C48H32N2/c1-4-13-33(14-5-1)34-23-25-35(26-24-34)40-20-12-21-42-44-32-37(28-30-47(44)50(48(40)42)39-17-8-3-9-18-39)36-27-29-46-43(31-36)41-19-10-11-22-45(41)49(46)38-15-6-2-7-16-38/h1-32H. The number of hydrogen-bond acceptors (Lipinski definition) is 0. The Balaban J connectivity index is 1.17. The highest BCUT2D eigenvalue weighted by atomic mass is 15.0. The van der Waals surface area contributed by atoms with Gasteiger partial charge in [0.2, 0.25) is 0 Å². The van der Waals surface area contributed by atoms with Gasteiger partial charge in [-0.3, -0.25) is 0 Å². The van der Waals surface area contributed by atoms with Gasteiger partial charge in [0.05, 0.1) is 22.1 Å². The van der Waals surface area contributed by atoms with Crippen molar-refractivity contribution in [2.45, 2.75) is 0 Å². The number of nitrogens with zero attached hydrogens (tertiary/aromatic N) is 2. The molecule has 0 N–H and O–H groups in total. The van der Waals surface area contributed by atoms with Gasteiger partial charge in [-0.2, -0.15) is 0 Å². The van der Waals surface area contributed by atoms with Crippen LogP contribution < -0.4 is 0 Å². The molecule has 0 unspecified atom stereocenters. The van der Waals surface area contributed by atoms with Crippen LogP contribution >= 0.6 is 0 Å². The summed E-state index contributed by atoms with van der Waals surface area (Å²) >= 11 is 0. The number of fused-ring (bicyclic) bond motifs is 6. The van der Waals surface area contributed by atoms with E-state index in [1.807, 2.05) is 0 Å². The Morgan fingerprint density at radius 1 is 0.260 bits per heavy atom. The molecule has 0 saturated carbocycles. The molecule has 2 nitrogen and oxygen atoms in total. The predicted octanol–water partition coefficient (Wildman–Crippen LogP) is 12.9. The highest BCUT2D eigenvalue weighted by molar-refractivity contribution is 6.15. The minimum atomic E-state index is 1.16. The number of rotatable bonds is 5. The lowest BCUT2D eigenvalue weighted by Crippen LogP contribution is -1.95. The van der Waals surface area contributed by atoms with E-state index in [1.165, 1.54) is 82.7 Å². The van der Waals surface area contributed by atoms with Gasteiger partial charge < -0.3 is 9.13 Å². The smallest absolute Gasteiger partial charge is 0.0619 e. The van der Waals surface area contributed by atoms with Crippen molar-refractivity contribution >= 4 is 43.6 Å². The van der Waals surface area contributed by atoms with Gasteiger partial charge in [-0.1, -0.05) is 140 Å². The molecule has 10 rings (SSSR count). The molecule has 0 aliphatic heterocycles. The number of benzene rings is 8. The quantitative estimate of drug-likeness (QED) is 0.178. The Morgan fingerprint density at radius 3 is 1.40 bits per heavy atom. The van der Waals surface area contributed by atoms with Gasteiger partial charge in [0, 0.05) is 38.5 Å². The molecule has 0 radical (unpaired) electrons. The summed E-state index contributed by atoms with van der Waals surface area (Å²) in [5, 5.41) is 5.01. The molecule has 0 spiro atoms. The van der Waals surface area contributed by atoms with Gasteiger partial charge in [-0.05, 0) is 82.4 Å². The zero-order valence-electron chi connectivity index (χ0n) is 27.4. The average molecular weight is 637 g/mol. The van der Waals surface area contributed by atoms with Crippen LogP contribution in [0.2, 0.25) is 0 Å². The summed E-state index contributed by atoms with van der Waals surface area (Å²) in [6.07, 6.45) is 0. The van der Waals surface area contributed by atoms with Gasteiger partial charge >= 0.3 is 0 Å². The first-order chi connectivity index (χ1) is 24.8. The van der Waals surface area contributed by atoms with E-state index in [0.29, 0.717) is 0 Å². The molecule has 2 heterocycles. The maximum atomic E-state index is 2.44. The van der Waals surface area contributed by atoms with Crippen molar-refractivity contribution in [3.05, 3.63) is 194 Å². The lowest BCUT2D eigenvalue weighted by atomic mass is 9.97. The van der Waals surface area contributed by atoms with E-state index >= 15 is 0 Å². The maximum Gasteiger partial charge on any atom is 0.0619 e. The predicted molar refractivity (Wildman–Crippen MR) is 211 cm³/mol. The summed E-state index contributed by atoms with van der Waals surface area (Å²) in [5.41, 5.74) is 14.5. The Kier molecular flexibility index (Phi) is 6.53. The highest BCUT2D eigenvalue weighted by Gasteiger charge is 2.18. The Morgan fingerprint density at radius 2 is 0.720 bits per heavy atom. The van der Waals surface area contributed by atoms with Crippen molar-refractivity contribution in [3.8, 4) is 44.8 Å². The van der Waals surface area contributed by atoms with Crippen LogP contribution in [0, 0.1) is 0 Å². The highest BCUT2D eigenvalue weighted by Crippen LogP contribution is 2.41. The summed E-state index contributed by atoms with van der Waals surface area (Å²) in [4.78, 5) is 0. The molecule has 0 amide bonds. The Labute approximate surface area is 290 Å². The fourth-order valence-corrected chi connectivity index (χ4v) is 7.81. The van der Waals surface area contributed by atoms with Gasteiger partial charge in [0.1, 0.15) is 0 Å². The van der Waals surface area contributed by atoms with E-state index in [9.17, 15) is 0 Å². The second kappa shape index (κ2) is 11.5. The Bertz CT molecular complexity index is 2820. The summed E-state index contributed by atoms with van der Waals surface area (Å²) in [6.45, 7) is 0. The van der Waals surface area contributed by atoms with Gasteiger partial charge in [-0.15, -0.1) is 0 Å². The van der Waals surface area contributed by atoms with Crippen molar-refractivity contribution in [3.63, 3.8) is 0 Å². The lowest BCUT2D eigenvalue weighted by Gasteiger charge is -2.12. The van der Waals surface area contributed by atoms with Gasteiger partial charge in [0.25, 0.3) is 0 Å². The molecular weight excluding hydrogens is 605 g/mol. The van der Waals surface area contributed by atoms with Gasteiger partial charge in [-0.25, -0.2) is 0 Å². The van der Waals surface area contributed by atoms with E-state index in [4.69, 9.17) is 0 Å². The SMILES string of the molecule is c1ccc(-c2ccc(-c3cccc4c5cc(-c6ccc7c(c6)c6ccccc6n7-c6ccccc6)ccc5n(-c5ccccc5)c34)cc2)cc1. The molecule has 234 valence electrons. The molecule has 0 bridgehead atoms. The van der Waals surface area contributed by atoms with Crippen LogP contribution in [-0.2, 0) is 0 Å². The van der Waals surface area contributed by atoms with Crippen LogP contribution in [-0.4, -0.2) is 9.13 Å². The summed E-state index contributed by atoms with van der Waals surface area (Å²) in [7, 11) is 0. The molecule has 2 heteroatoms. The molecule has 0 aliphatic rings. The normalized spacial score (nSPS) is 11.6.